The van der Waals surface area contributed by atoms with Gasteiger partial charge in [-0.2, -0.15) is 0 Å². The summed E-state index contributed by atoms with van der Waals surface area (Å²) in [5, 5.41) is 9.72. The molecule has 2 aromatic carbocycles. The van der Waals surface area contributed by atoms with Crippen LogP contribution in [0.4, 0.5) is 0 Å². The molecule has 22 heavy (non-hydrogen) atoms. The Morgan fingerprint density at radius 3 is 2.27 bits per heavy atom. The molecular formula is C17H17ClO4. The fourth-order valence-corrected chi connectivity index (χ4v) is 2.00. The predicted molar refractivity (Wildman–Crippen MR) is 85.1 cm³/mol. The van der Waals surface area contributed by atoms with Crippen molar-refractivity contribution in [3.05, 3.63) is 59.1 Å². The lowest BCUT2D eigenvalue weighted by atomic mass is 10.2. The Balaban J connectivity index is 1.67. The smallest absolute Gasteiger partial charge is 0.339 e. The second kappa shape index (κ2) is 8.29. The summed E-state index contributed by atoms with van der Waals surface area (Å²) in [7, 11) is 0. The summed E-state index contributed by atoms with van der Waals surface area (Å²) >= 11 is 5.79. The van der Waals surface area contributed by atoms with Crippen molar-refractivity contribution in [3.8, 4) is 11.5 Å². The van der Waals surface area contributed by atoms with Gasteiger partial charge in [-0.05, 0) is 49.2 Å². The average molecular weight is 321 g/mol. The Kier molecular flexibility index (Phi) is 6.10. The molecule has 2 aromatic rings. The second-order valence-corrected chi connectivity index (χ2v) is 5.10. The molecule has 1 N–H and O–H groups in total. The van der Waals surface area contributed by atoms with Crippen molar-refractivity contribution in [2.24, 2.45) is 0 Å². The molecule has 0 heterocycles. The fraction of sp³-hybridized carbons (Fsp3) is 0.235. The highest BCUT2D eigenvalue weighted by Gasteiger charge is 2.09. The van der Waals surface area contributed by atoms with E-state index in [0.717, 1.165) is 18.6 Å². The van der Waals surface area contributed by atoms with E-state index in [-0.39, 0.29) is 5.56 Å². The monoisotopic (exact) mass is 320 g/mol. The van der Waals surface area contributed by atoms with Crippen LogP contribution < -0.4 is 9.47 Å². The van der Waals surface area contributed by atoms with E-state index in [0.29, 0.717) is 24.0 Å². The first-order valence-corrected chi connectivity index (χ1v) is 7.38. The van der Waals surface area contributed by atoms with Crippen LogP contribution in [0.25, 0.3) is 0 Å². The molecule has 0 aliphatic heterocycles. The SMILES string of the molecule is O=C(O)c1ccccc1OCCCCOc1ccc(Cl)cc1. The minimum absolute atomic E-state index is 0.180. The molecule has 4 nitrogen and oxygen atoms in total. The summed E-state index contributed by atoms with van der Waals surface area (Å²) in [6, 6.07) is 13.8. The number of hydrogen-bond acceptors (Lipinski definition) is 3. The highest BCUT2D eigenvalue weighted by molar-refractivity contribution is 6.30. The zero-order valence-corrected chi connectivity index (χ0v) is 12.8. The summed E-state index contributed by atoms with van der Waals surface area (Å²) in [5.74, 6) is 0.192. The van der Waals surface area contributed by atoms with Crippen LogP contribution in [0.3, 0.4) is 0 Å². The second-order valence-electron chi connectivity index (χ2n) is 4.66. The standard InChI is InChI=1S/C17H17ClO4/c18-13-7-9-14(10-8-13)21-11-3-4-12-22-16-6-2-1-5-15(16)17(19)20/h1-2,5-10H,3-4,11-12H2,(H,19,20). The maximum Gasteiger partial charge on any atom is 0.339 e. The Hall–Kier alpha value is -2.20. The number of carboxylic acids is 1. The van der Waals surface area contributed by atoms with Crippen molar-refractivity contribution in [2.45, 2.75) is 12.8 Å². The predicted octanol–water partition coefficient (Wildman–Crippen LogP) is 4.28. The Morgan fingerprint density at radius 1 is 0.955 bits per heavy atom. The molecule has 0 saturated heterocycles. The van der Waals surface area contributed by atoms with Gasteiger partial charge >= 0.3 is 5.97 Å². The van der Waals surface area contributed by atoms with Crippen molar-refractivity contribution in [1.29, 1.82) is 0 Å². The normalized spacial score (nSPS) is 10.2. The number of carboxylic acid groups (broad SMARTS) is 1. The van der Waals surface area contributed by atoms with Gasteiger partial charge in [0.1, 0.15) is 17.1 Å². The van der Waals surface area contributed by atoms with Crippen molar-refractivity contribution in [3.63, 3.8) is 0 Å². The van der Waals surface area contributed by atoms with Crippen LogP contribution in [-0.2, 0) is 0 Å². The summed E-state index contributed by atoms with van der Waals surface area (Å²) in [6.45, 7) is 1.03. The number of halogens is 1. The number of para-hydroxylation sites is 1. The van der Waals surface area contributed by atoms with E-state index in [1.807, 2.05) is 12.1 Å². The molecule has 0 bridgehead atoms. The van der Waals surface area contributed by atoms with Crippen molar-refractivity contribution in [2.75, 3.05) is 13.2 Å². The van der Waals surface area contributed by atoms with Crippen LogP contribution in [0.1, 0.15) is 23.2 Å². The Bertz CT molecular complexity index is 610. The minimum Gasteiger partial charge on any atom is -0.494 e. The van der Waals surface area contributed by atoms with E-state index in [4.69, 9.17) is 26.2 Å². The first-order chi connectivity index (χ1) is 10.7. The molecular weight excluding hydrogens is 304 g/mol. The summed E-state index contributed by atoms with van der Waals surface area (Å²) in [5.41, 5.74) is 0.180. The molecule has 0 spiro atoms. The first-order valence-electron chi connectivity index (χ1n) is 7.00. The van der Waals surface area contributed by atoms with Crippen LogP contribution in [0.5, 0.6) is 11.5 Å². The average Bonchev–Trinajstić information content (AvgIpc) is 2.52. The van der Waals surface area contributed by atoms with Crippen LogP contribution in [0, 0.1) is 0 Å². The minimum atomic E-state index is -0.985. The first kappa shape index (κ1) is 16.2. The molecule has 116 valence electrons. The van der Waals surface area contributed by atoms with Crippen LogP contribution >= 0.6 is 11.6 Å². The number of aromatic carboxylic acids is 1. The molecule has 5 heteroatoms. The van der Waals surface area contributed by atoms with Gasteiger partial charge in [-0.3, -0.25) is 0 Å². The maximum atomic E-state index is 11.0. The van der Waals surface area contributed by atoms with Gasteiger partial charge < -0.3 is 14.6 Å². The Labute approximate surface area is 134 Å². The number of benzene rings is 2. The van der Waals surface area contributed by atoms with Gasteiger partial charge in [-0.25, -0.2) is 4.79 Å². The molecule has 0 aliphatic carbocycles. The van der Waals surface area contributed by atoms with Crippen molar-refractivity contribution >= 4 is 17.6 Å². The van der Waals surface area contributed by atoms with E-state index < -0.39 is 5.97 Å². The lowest BCUT2D eigenvalue weighted by Crippen LogP contribution is -2.06. The van der Waals surface area contributed by atoms with E-state index in [1.165, 1.54) is 6.07 Å². The van der Waals surface area contributed by atoms with E-state index in [9.17, 15) is 4.79 Å². The van der Waals surface area contributed by atoms with E-state index in [2.05, 4.69) is 0 Å². The van der Waals surface area contributed by atoms with Gasteiger partial charge in [0.2, 0.25) is 0 Å². The van der Waals surface area contributed by atoms with Gasteiger partial charge in [0.05, 0.1) is 13.2 Å². The number of unbranched alkanes of at least 4 members (excludes halogenated alkanes) is 1. The molecule has 0 atom stereocenters. The molecule has 0 radical (unpaired) electrons. The number of hydrogen-bond donors (Lipinski definition) is 1. The highest BCUT2D eigenvalue weighted by Crippen LogP contribution is 2.18. The van der Waals surface area contributed by atoms with Gasteiger partial charge in [0, 0.05) is 5.02 Å². The Morgan fingerprint density at radius 2 is 1.59 bits per heavy atom. The molecule has 0 aliphatic rings. The van der Waals surface area contributed by atoms with Crippen LogP contribution in [-0.4, -0.2) is 24.3 Å². The lowest BCUT2D eigenvalue weighted by Gasteiger charge is -2.09. The summed E-state index contributed by atoms with van der Waals surface area (Å²) in [6.07, 6.45) is 1.60. The molecule has 0 amide bonds. The third kappa shape index (κ3) is 4.97. The molecule has 2 rings (SSSR count). The molecule has 0 saturated carbocycles. The highest BCUT2D eigenvalue weighted by atomic mass is 35.5. The quantitative estimate of drug-likeness (QED) is 0.738. The molecule has 0 unspecified atom stereocenters. The van der Waals surface area contributed by atoms with Crippen LogP contribution in [0.2, 0.25) is 5.02 Å². The largest absolute Gasteiger partial charge is 0.494 e. The van der Waals surface area contributed by atoms with E-state index >= 15 is 0 Å². The summed E-state index contributed by atoms with van der Waals surface area (Å²) < 4.78 is 11.1. The molecule has 0 fully saturated rings. The van der Waals surface area contributed by atoms with Gasteiger partial charge in [0.15, 0.2) is 0 Å². The van der Waals surface area contributed by atoms with Gasteiger partial charge in [0.25, 0.3) is 0 Å². The summed E-state index contributed by atoms with van der Waals surface area (Å²) in [4.78, 5) is 11.0. The zero-order valence-electron chi connectivity index (χ0n) is 12.0. The van der Waals surface area contributed by atoms with Gasteiger partial charge in [-0.15, -0.1) is 0 Å². The van der Waals surface area contributed by atoms with Crippen molar-refractivity contribution in [1.82, 2.24) is 0 Å². The zero-order chi connectivity index (χ0) is 15.8. The third-order valence-electron chi connectivity index (χ3n) is 3.00. The molecule has 0 aromatic heterocycles. The number of carbonyl (C=O) groups is 1. The number of rotatable bonds is 8. The lowest BCUT2D eigenvalue weighted by molar-refractivity contribution is 0.0692. The third-order valence-corrected chi connectivity index (χ3v) is 3.25. The maximum absolute atomic E-state index is 11.0. The van der Waals surface area contributed by atoms with Gasteiger partial charge in [-0.1, -0.05) is 23.7 Å². The van der Waals surface area contributed by atoms with Crippen molar-refractivity contribution < 1.29 is 19.4 Å². The van der Waals surface area contributed by atoms with E-state index in [1.54, 1.807) is 30.3 Å². The number of ether oxygens (including phenoxy) is 2. The fourth-order valence-electron chi connectivity index (χ4n) is 1.88. The van der Waals surface area contributed by atoms with Crippen LogP contribution in [0.15, 0.2) is 48.5 Å². The topological polar surface area (TPSA) is 55.8 Å².